The third kappa shape index (κ3) is 470. The molecule has 0 aromatic rings. The maximum absolute atomic E-state index is 9.25. The van der Waals surface area contributed by atoms with Crippen LogP contribution < -0.4 is 0 Å². The molecule has 136 valence electrons. The lowest BCUT2D eigenvalue weighted by molar-refractivity contribution is -0.132. The van der Waals surface area contributed by atoms with E-state index < -0.39 is 23.5 Å². The fourth-order valence-electron chi connectivity index (χ4n) is 0. The lowest BCUT2D eigenvalue weighted by Gasteiger charge is -2.04. The van der Waals surface area contributed by atoms with E-state index in [0.29, 0.717) is 0 Å². The fourth-order valence-corrected chi connectivity index (χ4v) is 0. The van der Waals surface area contributed by atoms with Crippen molar-refractivity contribution in [1.29, 1.82) is 0 Å². The average molecular weight is 334 g/mol. The monoisotopic (exact) mass is 334 g/mol. The first kappa shape index (κ1) is 32.5. The molecule has 0 saturated heterocycles. The second-order valence-electron chi connectivity index (χ2n) is 4.51. The molecule has 0 radical (unpaired) electrons. The van der Waals surface area contributed by atoms with E-state index in [-0.39, 0.29) is 0 Å². The molecular formula is C16H30O7. The van der Waals surface area contributed by atoms with E-state index in [1.54, 1.807) is 20.8 Å². The molecule has 0 rings (SSSR count). The lowest BCUT2D eigenvalue weighted by atomic mass is 10.2. The van der Waals surface area contributed by atoms with Gasteiger partial charge in [-0.15, -0.1) is 0 Å². The first-order chi connectivity index (χ1) is 10.2. The van der Waals surface area contributed by atoms with Crippen molar-refractivity contribution in [3.8, 4) is 0 Å². The van der Waals surface area contributed by atoms with Gasteiger partial charge in [-0.1, -0.05) is 40.0 Å². The summed E-state index contributed by atoms with van der Waals surface area (Å²) in [6.45, 7) is 18.4. The summed E-state index contributed by atoms with van der Waals surface area (Å²) < 4.78 is 0. The summed E-state index contributed by atoms with van der Waals surface area (Å²) in [6, 6.07) is 0. The number of carbonyl (C=O) groups is 3. The zero-order valence-electron chi connectivity index (χ0n) is 14.6. The smallest absolute Gasteiger partial charge is 0.327 e. The summed E-state index contributed by atoms with van der Waals surface area (Å²) in [5.74, 6) is -2.94. The Balaban J connectivity index is -0.0000000593. The maximum atomic E-state index is 9.25. The molecule has 7 heteroatoms. The van der Waals surface area contributed by atoms with Gasteiger partial charge in [0.15, 0.2) is 0 Å². The number of hydrogen-bond donors (Lipinski definition) is 4. The molecular weight excluding hydrogens is 304 g/mol. The summed E-state index contributed by atoms with van der Waals surface area (Å²) in [6.07, 6.45) is 3.75. The molecule has 0 heterocycles. The first-order valence-electron chi connectivity index (χ1n) is 6.51. The van der Waals surface area contributed by atoms with E-state index in [1.165, 1.54) is 6.42 Å². The number of aliphatic hydroxyl groups is 1. The van der Waals surface area contributed by atoms with Crippen molar-refractivity contribution in [1.82, 2.24) is 0 Å². The van der Waals surface area contributed by atoms with Gasteiger partial charge in [0, 0.05) is 18.2 Å². The van der Waals surface area contributed by atoms with Crippen molar-refractivity contribution in [3.63, 3.8) is 0 Å². The Labute approximate surface area is 138 Å². The molecule has 0 spiro atoms. The molecule has 0 aliphatic carbocycles. The van der Waals surface area contributed by atoms with E-state index >= 15 is 0 Å². The number of aliphatic carboxylic acids is 3. The largest absolute Gasteiger partial charge is 0.478 e. The van der Waals surface area contributed by atoms with Crippen molar-refractivity contribution in [2.75, 3.05) is 0 Å². The lowest BCUT2D eigenvalue weighted by Crippen LogP contribution is -2.10. The zero-order chi connectivity index (χ0) is 20.1. The molecule has 0 aliphatic heterocycles. The van der Waals surface area contributed by atoms with E-state index in [0.717, 1.165) is 18.2 Å². The molecule has 0 fully saturated rings. The summed E-state index contributed by atoms with van der Waals surface area (Å²) in [5.41, 5.74) is -0.500. The Morgan fingerprint density at radius 1 is 0.783 bits per heavy atom. The van der Waals surface area contributed by atoms with Crippen LogP contribution in [0.4, 0.5) is 0 Å². The number of carboxylic acid groups (broad SMARTS) is 3. The third-order valence-corrected chi connectivity index (χ3v) is 0.524. The highest BCUT2D eigenvalue weighted by atomic mass is 16.4. The molecule has 0 aromatic carbocycles. The minimum atomic E-state index is -0.981. The van der Waals surface area contributed by atoms with Gasteiger partial charge >= 0.3 is 17.9 Å². The highest BCUT2D eigenvalue weighted by molar-refractivity contribution is 5.79. The molecule has 0 aliphatic rings. The minimum absolute atomic E-state index is 0.500. The SMILES string of the molecule is C=CC(=O)O.C=CC(=O)O.C=CC(=O)O.CC(C)(C)O.CCC. The van der Waals surface area contributed by atoms with Crippen molar-refractivity contribution >= 4 is 17.9 Å². The van der Waals surface area contributed by atoms with Crippen molar-refractivity contribution in [2.45, 2.75) is 46.6 Å². The predicted octanol–water partition coefficient (Wildman–Crippen LogP) is 2.96. The molecule has 0 amide bonds. The van der Waals surface area contributed by atoms with Crippen LogP contribution in [0.15, 0.2) is 38.0 Å². The topological polar surface area (TPSA) is 132 Å². The maximum Gasteiger partial charge on any atom is 0.327 e. The van der Waals surface area contributed by atoms with Gasteiger partial charge in [-0.05, 0) is 20.8 Å². The second-order valence-corrected chi connectivity index (χ2v) is 4.51. The van der Waals surface area contributed by atoms with Crippen LogP contribution in [0.25, 0.3) is 0 Å². The first-order valence-corrected chi connectivity index (χ1v) is 6.51. The van der Waals surface area contributed by atoms with Gasteiger partial charge in [-0.25, -0.2) is 14.4 Å². The number of carboxylic acids is 3. The standard InChI is InChI=1S/C4H10O.3C3H4O2.C3H8/c1-4(2,3)5;3*1-2-3(4)5;1-3-2/h5H,1-3H3;3*2H,1H2,(H,4,5);3H2,1-2H3. The fraction of sp³-hybridized carbons (Fsp3) is 0.438. The molecule has 0 atom stereocenters. The van der Waals surface area contributed by atoms with Crippen LogP contribution in [0.3, 0.4) is 0 Å². The second kappa shape index (κ2) is 24.6. The summed E-state index contributed by atoms with van der Waals surface area (Å²) in [5, 5.41) is 31.3. The quantitative estimate of drug-likeness (QED) is 0.583. The molecule has 7 nitrogen and oxygen atoms in total. The number of hydrogen-bond acceptors (Lipinski definition) is 4. The van der Waals surface area contributed by atoms with Gasteiger partial charge in [0.2, 0.25) is 0 Å². The van der Waals surface area contributed by atoms with E-state index in [9.17, 15) is 14.4 Å². The van der Waals surface area contributed by atoms with Gasteiger partial charge in [-0.3, -0.25) is 0 Å². The van der Waals surface area contributed by atoms with Crippen LogP contribution >= 0.6 is 0 Å². The molecule has 23 heavy (non-hydrogen) atoms. The Kier molecular flexibility index (Phi) is 34.8. The molecule has 0 saturated carbocycles. The summed E-state index contributed by atoms with van der Waals surface area (Å²) in [7, 11) is 0. The molecule has 0 aromatic heterocycles. The van der Waals surface area contributed by atoms with Crippen LogP contribution in [0, 0.1) is 0 Å². The van der Waals surface area contributed by atoms with Crippen LogP contribution in [-0.4, -0.2) is 43.9 Å². The number of rotatable bonds is 3. The van der Waals surface area contributed by atoms with Crippen LogP contribution in [0.5, 0.6) is 0 Å². The summed E-state index contributed by atoms with van der Waals surface area (Å²) >= 11 is 0. The van der Waals surface area contributed by atoms with Gasteiger partial charge in [0.25, 0.3) is 0 Å². The van der Waals surface area contributed by atoms with E-state index in [1.807, 2.05) is 0 Å². The van der Waals surface area contributed by atoms with E-state index in [2.05, 4.69) is 33.6 Å². The predicted molar refractivity (Wildman–Crippen MR) is 91.4 cm³/mol. The zero-order valence-corrected chi connectivity index (χ0v) is 14.6. The van der Waals surface area contributed by atoms with Gasteiger partial charge < -0.3 is 20.4 Å². The van der Waals surface area contributed by atoms with Crippen molar-refractivity contribution < 1.29 is 34.8 Å². The van der Waals surface area contributed by atoms with E-state index in [4.69, 9.17) is 20.4 Å². The van der Waals surface area contributed by atoms with Gasteiger partial charge in [0.1, 0.15) is 0 Å². The van der Waals surface area contributed by atoms with Crippen LogP contribution in [0.2, 0.25) is 0 Å². The molecule has 4 N–H and O–H groups in total. The third-order valence-electron chi connectivity index (χ3n) is 0.524. The van der Waals surface area contributed by atoms with Gasteiger partial charge in [0.05, 0.1) is 5.60 Å². The molecule has 0 bridgehead atoms. The Morgan fingerprint density at radius 3 is 0.826 bits per heavy atom. The van der Waals surface area contributed by atoms with Crippen LogP contribution in [-0.2, 0) is 14.4 Å². The Bertz CT molecular complexity index is 290. The minimum Gasteiger partial charge on any atom is -0.478 e. The normalized spacial score (nSPS) is 7.57. The van der Waals surface area contributed by atoms with Gasteiger partial charge in [-0.2, -0.15) is 0 Å². The highest BCUT2D eigenvalue weighted by Crippen LogP contribution is 1.93. The van der Waals surface area contributed by atoms with Crippen molar-refractivity contribution in [3.05, 3.63) is 38.0 Å². The van der Waals surface area contributed by atoms with Crippen molar-refractivity contribution in [2.24, 2.45) is 0 Å². The Morgan fingerprint density at radius 2 is 0.826 bits per heavy atom. The highest BCUT2D eigenvalue weighted by Gasteiger charge is 1.97. The average Bonchev–Trinajstić information content (AvgIpc) is 2.38. The Hall–Kier alpha value is -2.41. The van der Waals surface area contributed by atoms with Crippen LogP contribution in [0.1, 0.15) is 41.0 Å². The molecule has 0 unspecified atom stereocenters. The summed E-state index contributed by atoms with van der Waals surface area (Å²) in [4.78, 5) is 27.8.